The number of amides is 1. The van der Waals surface area contributed by atoms with Crippen LogP contribution >= 0.6 is 0 Å². The molecule has 0 radical (unpaired) electrons. The first-order valence-electron chi connectivity index (χ1n) is 7.61. The Hall–Kier alpha value is -2.29. The molecule has 3 heteroatoms. The fraction of sp³-hybridized carbons (Fsp3) is 0.316. The molecule has 22 heavy (non-hydrogen) atoms. The van der Waals surface area contributed by atoms with E-state index in [0.29, 0.717) is 6.42 Å². The van der Waals surface area contributed by atoms with Gasteiger partial charge < -0.3 is 10.1 Å². The Bertz CT molecular complexity index is 664. The fourth-order valence-corrected chi connectivity index (χ4v) is 2.24. The molecule has 0 aromatic heterocycles. The Morgan fingerprint density at radius 1 is 1.09 bits per heavy atom. The number of ether oxygens (including phenoxy) is 1. The standard InChI is InChI=1S/C19H23NO2/c1-5-17(22-18-12-13(2)10-11-15(18)4)19(21)20-16-9-7-6-8-14(16)3/h6-12,17H,5H2,1-4H3,(H,20,21)/t17-/m1/s1. The van der Waals surface area contributed by atoms with Crippen LogP contribution in [0.5, 0.6) is 5.75 Å². The zero-order valence-corrected chi connectivity index (χ0v) is 13.6. The van der Waals surface area contributed by atoms with Gasteiger partial charge in [0.1, 0.15) is 5.75 Å². The molecular formula is C19H23NO2. The monoisotopic (exact) mass is 297 g/mol. The molecule has 1 amide bonds. The second-order valence-corrected chi connectivity index (χ2v) is 5.59. The summed E-state index contributed by atoms with van der Waals surface area (Å²) in [6, 6.07) is 13.8. The third kappa shape index (κ3) is 3.88. The van der Waals surface area contributed by atoms with E-state index in [0.717, 1.165) is 28.1 Å². The van der Waals surface area contributed by atoms with Crippen LogP contribution in [-0.2, 0) is 4.79 Å². The minimum absolute atomic E-state index is 0.113. The van der Waals surface area contributed by atoms with Gasteiger partial charge in [-0.3, -0.25) is 4.79 Å². The SMILES string of the molecule is CC[C@@H](Oc1cc(C)ccc1C)C(=O)Nc1ccccc1C. The first-order chi connectivity index (χ1) is 10.5. The molecule has 0 saturated heterocycles. The summed E-state index contributed by atoms with van der Waals surface area (Å²) in [6.45, 7) is 7.93. The number of aryl methyl sites for hydroxylation is 3. The molecule has 0 bridgehead atoms. The topological polar surface area (TPSA) is 38.3 Å². The van der Waals surface area contributed by atoms with Gasteiger partial charge in [-0.2, -0.15) is 0 Å². The maximum atomic E-state index is 12.5. The first kappa shape index (κ1) is 16.1. The van der Waals surface area contributed by atoms with E-state index in [-0.39, 0.29) is 5.91 Å². The van der Waals surface area contributed by atoms with Crippen molar-refractivity contribution >= 4 is 11.6 Å². The largest absolute Gasteiger partial charge is 0.480 e. The van der Waals surface area contributed by atoms with Crippen molar-refractivity contribution in [1.29, 1.82) is 0 Å². The lowest BCUT2D eigenvalue weighted by Crippen LogP contribution is -2.32. The van der Waals surface area contributed by atoms with Crippen LogP contribution in [0.4, 0.5) is 5.69 Å². The summed E-state index contributed by atoms with van der Waals surface area (Å²) in [5, 5.41) is 2.95. The summed E-state index contributed by atoms with van der Waals surface area (Å²) in [6.07, 6.45) is 0.116. The van der Waals surface area contributed by atoms with Crippen LogP contribution in [0.2, 0.25) is 0 Å². The molecule has 2 rings (SSSR count). The number of benzene rings is 2. The van der Waals surface area contributed by atoms with E-state index in [1.54, 1.807) is 0 Å². The lowest BCUT2D eigenvalue weighted by molar-refractivity contribution is -0.122. The Morgan fingerprint density at radius 3 is 2.50 bits per heavy atom. The van der Waals surface area contributed by atoms with E-state index in [4.69, 9.17) is 4.74 Å². The Labute approximate surface area is 132 Å². The van der Waals surface area contributed by atoms with E-state index in [1.165, 1.54) is 0 Å². The second kappa shape index (κ2) is 7.12. The number of nitrogens with one attached hydrogen (secondary N) is 1. The summed E-state index contributed by atoms with van der Waals surface area (Å²) in [5.74, 6) is 0.657. The lowest BCUT2D eigenvalue weighted by atomic mass is 10.1. The van der Waals surface area contributed by atoms with Crippen LogP contribution in [-0.4, -0.2) is 12.0 Å². The van der Waals surface area contributed by atoms with Crippen LogP contribution < -0.4 is 10.1 Å². The van der Waals surface area contributed by atoms with Crippen LogP contribution in [0.25, 0.3) is 0 Å². The number of hydrogen-bond donors (Lipinski definition) is 1. The summed E-state index contributed by atoms with van der Waals surface area (Å²) in [4.78, 5) is 12.5. The normalized spacial score (nSPS) is 11.8. The van der Waals surface area contributed by atoms with E-state index in [9.17, 15) is 4.79 Å². The third-order valence-corrected chi connectivity index (χ3v) is 3.68. The summed E-state index contributed by atoms with van der Waals surface area (Å²) < 4.78 is 5.94. The fourth-order valence-electron chi connectivity index (χ4n) is 2.24. The molecule has 0 heterocycles. The third-order valence-electron chi connectivity index (χ3n) is 3.68. The Balaban J connectivity index is 2.12. The van der Waals surface area contributed by atoms with Gasteiger partial charge in [0.05, 0.1) is 0 Å². The maximum absolute atomic E-state index is 12.5. The van der Waals surface area contributed by atoms with Crippen LogP contribution in [0, 0.1) is 20.8 Å². The number of anilines is 1. The van der Waals surface area contributed by atoms with Gasteiger partial charge in [0.15, 0.2) is 6.10 Å². The molecule has 0 unspecified atom stereocenters. The smallest absolute Gasteiger partial charge is 0.265 e. The van der Waals surface area contributed by atoms with Crippen molar-refractivity contribution < 1.29 is 9.53 Å². The maximum Gasteiger partial charge on any atom is 0.265 e. The molecule has 0 aliphatic heterocycles. The predicted octanol–water partition coefficient (Wildman–Crippen LogP) is 4.41. The number of carbonyl (C=O) groups excluding carboxylic acids is 1. The highest BCUT2D eigenvalue weighted by Gasteiger charge is 2.19. The average Bonchev–Trinajstić information content (AvgIpc) is 2.50. The predicted molar refractivity (Wildman–Crippen MR) is 90.4 cm³/mol. The van der Waals surface area contributed by atoms with Gasteiger partial charge in [-0.1, -0.05) is 37.3 Å². The van der Waals surface area contributed by atoms with E-state index < -0.39 is 6.10 Å². The quantitative estimate of drug-likeness (QED) is 0.888. The van der Waals surface area contributed by atoms with Crippen molar-refractivity contribution in [1.82, 2.24) is 0 Å². The first-order valence-corrected chi connectivity index (χ1v) is 7.61. The molecule has 0 saturated carbocycles. The highest BCUT2D eigenvalue weighted by molar-refractivity contribution is 5.95. The second-order valence-electron chi connectivity index (χ2n) is 5.59. The molecule has 1 N–H and O–H groups in total. The molecule has 0 fully saturated rings. The van der Waals surface area contributed by atoms with Crippen LogP contribution in [0.3, 0.4) is 0 Å². The van der Waals surface area contributed by atoms with Crippen LogP contribution in [0.1, 0.15) is 30.0 Å². The number of para-hydroxylation sites is 1. The highest BCUT2D eigenvalue weighted by atomic mass is 16.5. The van der Waals surface area contributed by atoms with Gasteiger partial charge >= 0.3 is 0 Å². The number of rotatable bonds is 5. The molecule has 3 nitrogen and oxygen atoms in total. The lowest BCUT2D eigenvalue weighted by Gasteiger charge is -2.19. The molecular weight excluding hydrogens is 274 g/mol. The summed E-state index contributed by atoms with van der Waals surface area (Å²) in [5.41, 5.74) is 4.02. The molecule has 0 aliphatic carbocycles. The highest BCUT2D eigenvalue weighted by Crippen LogP contribution is 2.22. The molecule has 1 atom stereocenters. The molecule has 0 aliphatic rings. The Morgan fingerprint density at radius 2 is 1.82 bits per heavy atom. The molecule has 0 spiro atoms. The minimum Gasteiger partial charge on any atom is -0.480 e. The van der Waals surface area contributed by atoms with Gasteiger partial charge in [-0.15, -0.1) is 0 Å². The zero-order valence-electron chi connectivity index (χ0n) is 13.6. The van der Waals surface area contributed by atoms with Gasteiger partial charge in [0.25, 0.3) is 5.91 Å². The van der Waals surface area contributed by atoms with Gasteiger partial charge in [-0.05, 0) is 56.0 Å². The molecule has 116 valence electrons. The Kier molecular flexibility index (Phi) is 5.21. The van der Waals surface area contributed by atoms with Crippen molar-refractivity contribution in [3.05, 3.63) is 59.2 Å². The molecule has 2 aromatic carbocycles. The van der Waals surface area contributed by atoms with E-state index in [2.05, 4.69) is 5.32 Å². The summed E-state index contributed by atoms with van der Waals surface area (Å²) in [7, 11) is 0. The number of hydrogen-bond acceptors (Lipinski definition) is 2. The van der Waals surface area contributed by atoms with Gasteiger partial charge in [-0.25, -0.2) is 0 Å². The van der Waals surface area contributed by atoms with Crippen molar-refractivity contribution in [2.24, 2.45) is 0 Å². The van der Waals surface area contributed by atoms with E-state index >= 15 is 0 Å². The van der Waals surface area contributed by atoms with Crippen molar-refractivity contribution in [2.45, 2.75) is 40.2 Å². The summed E-state index contributed by atoms with van der Waals surface area (Å²) >= 11 is 0. The average molecular weight is 297 g/mol. The van der Waals surface area contributed by atoms with Crippen molar-refractivity contribution in [2.75, 3.05) is 5.32 Å². The number of carbonyl (C=O) groups is 1. The van der Waals surface area contributed by atoms with Gasteiger partial charge in [0.2, 0.25) is 0 Å². The minimum atomic E-state index is -0.500. The molecule has 2 aromatic rings. The van der Waals surface area contributed by atoms with Crippen molar-refractivity contribution in [3.8, 4) is 5.75 Å². The zero-order chi connectivity index (χ0) is 16.1. The van der Waals surface area contributed by atoms with Gasteiger partial charge in [0, 0.05) is 5.69 Å². The van der Waals surface area contributed by atoms with E-state index in [1.807, 2.05) is 70.2 Å². The van der Waals surface area contributed by atoms with Crippen LogP contribution in [0.15, 0.2) is 42.5 Å². The van der Waals surface area contributed by atoms with Crippen molar-refractivity contribution in [3.63, 3.8) is 0 Å².